The average molecular weight is 311 g/mol. The van der Waals surface area contributed by atoms with Crippen molar-refractivity contribution in [2.24, 2.45) is 5.73 Å². The standard InChI is InChI=1S/C16H22FNO2S/c17-14-9-12(3-6-18)1-2-15(14)20-13-4-7-19-16(10-13)5-8-21-11-16/h1-2,9,13H,3-8,10-11,18H2. The summed E-state index contributed by atoms with van der Waals surface area (Å²) in [6, 6.07) is 5.15. The molecule has 1 aromatic carbocycles. The summed E-state index contributed by atoms with van der Waals surface area (Å²) < 4.78 is 26.0. The number of hydrogen-bond acceptors (Lipinski definition) is 4. The smallest absolute Gasteiger partial charge is 0.165 e. The lowest BCUT2D eigenvalue weighted by atomic mass is 9.91. The molecule has 2 N–H and O–H groups in total. The summed E-state index contributed by atoms with van der Waals surface area (Å²) in [6.45, 7) is 1.23. The third-order valence-corrected chi connectivity index (χ3v) is 5.46. The minimum atomic E-state index is -0.290. The first-order chi connectivity index (χ1) is 10.2. The molecule has 2 fully saturated rings. The molecule has 2 aliphatic heterocycles. The van der Waals surface area contributed by atoms with Gasteiger partial charge in [-0.25, -0.2) is 4.39 Å². The van der Waals surface area contributed by atoms with Gasteiger partial charge in [-0.15, -0.1) is 0 Å². The van der Waals surface area contributed by atoms with Gasteiger partial charge in [0.05, 0.1) is 12.2 Å². The lowest BCUT2D eigenvalue weighted by Gasteiger charge is -2.37. The number of ether oxygens (including phenoxy) is 2. The molecule has 2 unspecified atom stereocenters. The highest BCUT2D eigenvalue weighted by Gasteiger charge is 2.41. The number of nitrogens with two attached hydrogens (primary N) is 1. The summed E-state index contributed by atoms with van der Waals surface area (Å²) in [5.41, 5.74) is 6.37. The SMILES string of the molecule is NCCc1ccc(OC2CCOC3(CCSC3)C2)c(F)c1. The molecular formula is C16H22FNO2S. The van der Waals surface area contributed by atoms with Crippen LogP contribution in [0.2, 0.25) is 0 Å². The minimum absolute atomic E-state index is 0.0381. The van der Waals surface area contributed by atoms with Crippen LogP contribution in [0.25, 0.3) is 0 Å². The molecule has 0 saturated carbocycles. The topological polar surface area (TPSA) is 44.5 Å². The van der Waals surface area contributed by atoms with Crippen LogP contribution in [-0.2, 0) is 11.2 Å². The van der Waals surface area contributed by atoms with Crippen molar-refractivity contribution in [3.05, 3.63) is 29.6 Å². The van der Waals surface area contributed by atoms with Crippen molar-refractivity contribution in [3.63, 3.8) is 0 Å². The average Bonchev–Trinajstić information content (AvgIpc) is 2.90. The fourth-order valence-corrected chi connectivity index (χ4v) is 4.47. The summed E-state index contributed by atoms with van der Waals surface area (Å²) in [4.78, 5) is 0. The molecule has 21 heavy (non-hydrogen) atoms. The molecule has 1 aromatic rings. The van der Waals surface area contributed by atoms with Crippen molar-refractivity contribution >= 4 is 11.8 Å². The van der Waals surface area contributed by atoms with Crippen LogP contribution < -0.4 is 10.5 Å². The van der Waals surface area contributed by atoms with E-state index in [1.165, 1.54) is 6.07 Å². The van der Waals surface area contributed by atoms with Crippen molar-refractivity contribution in [1.82, 2.24) is 0 Å². The third kappa shape index (κ3) is 3.52. The zero-order valence-electron chi connectivity index (χ0n) is 12.1. The molecule has 0 aliphatic carbocycles. The second-order valence-corrected chi connectivity index (χ2v) is 6.98. The van der Waals surface area contributed by atoms with E-state index >= 15 is 0 Å². The Morgan fingerprint density at radius 3 is 3.10 bits per heavy atom. The quantitative estimate of drug-likeness (QED) is 0.928. The van der Waals surface area contributed by atoms with E-state index < -0.39 is 0 Å². The first-order valence-electron chi connectivity index (χ1n) is 7.58. The Labute approximate surface area is 129 Å². The van der Waals surface area contributed by atoms with E-state index in [-0.39, 0.29) is 17.5 Å². The van der Waals surface area contributed by atoms with Crippen molar-refractivity contribution in [1.29, 1.82) is 0 Å². The van der Waals surface area contributed by atoms with Gasteiger partial charge in [0.25, 0.3) is 0 Å². The van der Waals surface area contributed by atoms with Gasteiger partial charge in [0.1, 0.15) is 6.10 Å². The monoisotopic (exact) mass is 311 g/mol. The third-order valence-electron chi connectivity index (χ3n) is 4.24. The largest absolute Gasteiger partial charge is 0.487 e. The van der Waals surface area contributed by atoms with Gasteiger partial charge in [0.15, 0.2) is 11.6 Å². The molecule has 0 radical (unpaired) electrons. The molecule has 3 nitrogen and oxygen atoms in total. The molecular weight excluding hydrogens is 289 g/mol. The maximum absolute atomic E-state index is 14.1. The van der Waals surface area contributed by atoms with Gasteiger partial charge in [0.2, 0.25) is 0 Å². The molecule has 1 spiro atoms. The van der Waals surface area contributed by atoms with Gasteiger partial charge < -0.3 is 15.2 Å². The molecule has 2 saturated heterocycles. The van der Waals surface area contributed by atoms with Crippen LogP contribution >= 0.6 is 11.8 Å². The summed E-state index contributed by atoms with van der Waals surface area (Å²) in [5.74, 6) is 2.24. The van der Waals surface area contributed by atoms with Crippen LogP contribution in [0.4, 0.5) is 4.39 Å². The van der Waals surface area contributed by atoms with Gasteiger partial charge in [-0.05, 0) is 42.8 Å². The molecule has 0 aromatic heterocycles. The second-order valence-electron chi connectivity index (χ2n) is 5.87. The van der Waals surface area contributed by atoms with Gasteiger partial charge in [-0.1, -0.05) is 6.07 Å². The van der Waals surface area contributed by atoms with Gasteiger partial charge >= 0.3 is 0 Å². The van der Waals surface area contributed by atoms with Crippen LogP contribution in [-0.4, -0.2) is 36.4 Å². The van der Waals surface area contributed by atoms with Crippen LogP contribution in [0, 0.1) is 5.82 Å². The highest BCUT2D eigenvalue weighted by Crippen LogP contribution is 2.39. The summed E-state index contributed by atoms with van der Waals surface area (Å²) in [6.07, 6.45) is 3.51. The lowest BCUT2D eigenvalue weighted by Crippen LogP contribution is -2.43. The molecule has 116 valence electrons. The Morgan fingerprint density at radius 2 is 2.38 bits per heavy atom. The van der Waals surface area contributed by atoms with E-state index in [9.17, 15) is 4.39 Å². The number of halogens is 1. The van der Waals surface area contributed by atoms with E-state index in [4.69, 9.17) is 15.2 Å². The molecule has 2 aliphatic rings. The summed E-state index contributed by atoms with van der Waals surface area (Å²) >= 11 is 1.93. The Morgan fingerprint density at radius 1 is 1.48 bits per heavy atom. The Bertz CT molecular complexity index is 491. The number of rotatable bonds is 4. The summed E-state index contributed by atoms with van der Waals surface area (Å²) in [7, 11) is 0. The van der Waals surface area contributed by atoms with Crippen LogP contribution in [0.5, 0.6) is 5.75 Å². The maximum atomic E-state index is 14.1. The first kappa shape index (κ1) is 15.1. The zero-order chi connectivity index (χ0) is 14.7. The van der Waals surface area contributed by atoms with Crippen molar-refractivity contribution in [2.45, 2.75) is 37.4 Å². The van der Waals surface area contributed by atoms with Gasteiger partial charge in [-0.3, -0.25) is 0 Å². The summed E-state index contributed by atoms with van der Waals surface area (Å²) in [5, 5.41) is 0. The van der Waals surface area contributed by atoms with Crippen LogP contribution in [0.15, 0.2) is 18.2 Å². The van der Waals surface area contributed by atoms with Crippen LogP contribution in [0.1, 0.15) is 24.8 Å². The highest BCUT2D eigenvalue weighted by molar-refractivity contribution is 7.99. The predicted molar refractivity (Wildman–Crippen MR) is 83.4 cm³/mol. The molecule has 0 bridgehead atoms. The second kappa shape index (κ2) is 6.55. The molecule has 2 heterocycles. The van der Waals surface area contributed by atoms with E-state index in [1.54, 1.807) is 6.07 Å². The Hall–Kier alpha value is -0.780. The minimum Gasteiger partial charge on any atom is -0.487 e. The fourth-order valence-electron chi connectivity index (χ4n) is 3.09. The Kier molecular flexibility index (Phi) is 4.72. The number of hydrogen-bond donors (Lipinski definition) is 1. The number of thioether (sulfide) groups is 1. The molecule has 0 amide bonds. The molecule has 2 atom stereocenters. The van der Waals surface area contributed by atoms with Crippen molar-refractivity contribution in [2.75, 3.05) is 24.7 Å². The fraction of sp³-hybridized carbons (Fsp3) is 0.625. The predicted octanol–water partition coefficient (Wildman–Crippen LogP) is 2.76. The van der Waals surface area contributed by atoms with Gasteiger partial charge in [-0.2, -0.15) is 11.8 Å². The highest BCUT2D eigenvalue weighted by atomic mass is 32.2. The zero-order valence-corrected chi connectivity index (χ0v) is 13.0. The maximum Gasteiger partial charge on any atom is 0.165 e. The van der Waals surface area contributed by atoms with Gasteiger partial charge in [0, 0.05) is 18.6 Å². The van der Waals surface area contributed by atoms with Crippen molar-refractivity contribution < 1.29 is 13.9 Å². The number of benzene rings is 1. The lowest BCUT2D eigenvalue weighted by molar-refractivity contribution is -0.0964. The normalized spacial score (nSPS) is 29.0. The van der Waals surface area contributed by atoms with E-state index in [1.807, 2.05) is 17.8 Å². The van der Waals surface area contributed by atoms with E-state index in [0.29, 0.717) is 25.3 Å². The Balaban J connectivity index is 1.65. The van der Waals surface area contributed by atoms with Crippen LogP contribution in [0.3, 0.4) is 0 Å². The first-order valence-corrected chi connectivity index (χ1v) is 8.73. The van der Waals surface area contributed by atoms with E-state index in [2.05, 4.69) is 0 Å². The van der Waals surface area contributed by atoms with Crippen molar-refractivity contribution in [3.8, 4) is 5.75 Å². The molecule has 5 heteroatoms. The van der Waals surface area contributed by atoms with E-state index in [0.717, 1.165) is 36.3 Å². The molecule has 3 rings (SSSR count).